The number of halogens is 1. The van der Waals surface area contributed by atoms with Gasteiger partial charge in [-0.25, -0.2) is 4.98 Å². The van der Waals surface area contributed by atoms with Crippen LogP contribution in [0.25, 0.3) is 0 Å². The fraction of sp³-hybridized carbons (Fsp3) is 0.429. The van der Waals surface area contributed by atoms with Crippen LogP contribution in [0.4, 0.5) is 5.69 Å². The van der Waals surface area contributed by atoms with Gasteiger partial charge in [0.25, 0.3) is 0 Å². The molecule has 0 bridgehead atoms. The third-order valence-corrected chi connectivity index (χ3v) is 5.41. The van der Waals surface area contributed by atoms with Gasteiger partial charge in [-0.05, 0) is 50.8 Å². The van der Waals surface area contributed by atoms with Gasteiger partial charge < -0.3 is 14.8 Å². The highest BCUT2D eigenvalue weighted by Crippen LogP contribution is 2.35. The number of imidazole rings is 1. The number of benzene rings is 1. The summed E-state index contributed by atoms with van der Waals surface area (Å²) in [7, 11) is 3.87. The Morgan fingerprint density at radius 1 is 1.33 bits per heavy atom. The fourth-order valence-corrected chi connectivity index (χ4v) is 4.18. The Labute approximate surface area is 166 Å². The van der Waals surface area contributed by atoms with Gasteiger partial charge in [-0.15, -0.1) is 0 Å². The van der Waals surface area contributed by atoms with Crippen LogP contribution in [0.1, 0.15) is 36.6 Å². The number of piperidine rings is 1. The highest BCUT2D eigenvalue weighted by atomic mass is 35.5. The number of nitrogens with one attached hydrogen (secondary N) is 1. The van der Waals surface area contributed by atoms with E-state index < -0.39 is 0 Å². The molecule has 2 aromatic rings. The monoisotopic (exact) mass is 385 g/mol. The summed E-state index contributed by atoms with van der Waals surface area (Å²) in [6, 6.07) is 4.21. The van der Waals surface area contributed by atoms with Gasteiger partial charge in [0, 0.05) is 38.1 Å². The van der Waals surface area contributed by atoms with E-state index in [2.05, 4.69) is 47.0 Å². The van der Waals surface area contributed by atoms with E-state index in [0.717, 1.165) is 53.9 Å². The molecule has 1 saturated heterocycles. The van der Waals surface area contributed by atoms with Gasteiger partial charge in [0.1, 0.15) is 5.84 Å². The average Bonchev–Trinajstić information content (AvgIpc) is 3.03. The van der Waals surface area contributed by atoms with Crippen LogP contribution >= 0.6 is 11.6 Å². The van der Waals surface area contributed by atoms with Crippen molar-refractivity contribution in [3.05, 3.63) is 57.8 Å². The zero-order valence-electron chi connectivity index (χ0n) is 16.8. The van der Waals surface area contributed by atoms with Crippen molar-refractivity contribution in [1.29, 1.82) is 0 Å². The van der Waals surface area contributed by atoms with E-state index in [9.17, 15) is 0 Å². The van der Waals surface area contributed by atoms with Gasteiger partial charge in [-0.3, -0.25) is 4.99 Å². The molecular weight excluding hydrogens is 358 g/mol. The molecule has 3 rings (SSSR count). The van der Waals surface area contributed by atoms with Gasteiger partial charge in [0.2, 0.25) is 0 Å². The summed E-state index contributed by atoms with van der Waals surface area (Å²) in [5.41, 5.74) is 6.99. The first kappa shape index (κ1) is 19.5. The van der Waals surface area contributed by atoms with Crippen LogP contribution in [-0.2, 0) is 13.6 Å². The zero-order chi connectivity index (χ0) is 19.6. The number of nitrogens with zero attached hydrogens (tertiary/aromatic N) is 4. The number of aryl methyl sites for hydroxylation is 3. The number of hydrogen-bond donors (Lipinski definition) is 1. The van der Waals surface area contributed by atoms with E-state index in [1.165, 1.54) is 16.7 Å². The molecule has 0 aliphatic carbocycles. The van der Waals surface area contributed by atoms with Crippen molar-refractivity contribution in [2.24, 2.45) is 12.0 Å². The molecule has 5 nitrogen and oxygen atoms in total. The third-order valence-electron chi connectivity index (χ3n) is 5.12. The van der Waals surface area contributed by atoms with Crippen molar-refractivity contribution in [2.75, 3.05) is 18.5 Å². The van der Waals surface area contributed by atoms with Gasteiger partial charge in [0.05, 0.1) is 29.3 Å². The fourth-order valence-electron chi connectivity index (χ4n) is 3.76. The Morgan fingerprint density at radius 3 is 2.74 bits per heavy atom. The smallest absolute Gasteiger partial charge is 0.132 e. The van der Waals surface area contributed by atoms with Crippen LogP contribution in [0.5, 0.6) is 0 Å². The molecule has 0 radical (unpaired) electrons. The molecule has 0 atom stereocenters. The first-order valence-electron chi connectivity index (χ1n) is 9.32. The Bertz CT molecular complexity index is 871. The number of amidine groups is 1. The molecule has 0 spiro atoms. The molecule has 0 unspecified atom stereocenters. The van der Waals surface area contributed by atoms with E-state index in [1.54, 1.807) is 0 Å². The quantitative estimate of drug-likeness (QED) is 0.849. The second kappa shape index (κ2) is 8.17. The second-order valence-corrected chi connectivity index (χ2v) is 7.57. The SMILES string of the molecule is CN=C1/C(=C(\C)NCc2cncn2C)CCCN1c1c(C)cc(C)cc1Cl. The van der Waals surface area contributed by atoms with E-state index in [-0.39, 0.29) is 0 Å². The Morgan fingerprint density at radius 2 is 2.11 bits per heavy atom. The number of allylic oxidation sites excluding steroid dienone is 1. The Kier molecular flexibility index (Phi) is 5.90. The Hall–Kier alpha value is -2.27. The van der Waals surface area contributed by atoms with Crippen LogP contribution in [-0.4, -0.2) is 29.0 Å². The summed E-state index contributed by atoms with van der Waals surface area (Å²) in [5.74, 6) is 1.00. The second-order valence-electron chi connectivity index (χ2n) is 7.17. The van der Waals surface area contributed by atoms with Crippen molar-refractivity contribution in [3.63, 3.8) is 0 Å². The van der Waals surface area contributed by atoms with Gasteiger partial charge in [-0.2, -0.15) is 0 Å². The number of aliphatic imine (C=N–C) groups is 1. The average molecular weight is 386 g/mol. The lowest BCUT2D eigenvalue weighted by atomic mass is 9.99. The molecule has 1 aliphatic rings. The lowest BCUT2D eigenvalue weighted by molar-refractivity contribution is 0.710. The van der Waals surface area contributed by atoms with Crippen molar-refractivity contribution < 1.29 is 0 Å². The summed E-state index contributed by atoms with van der Waals surface area (Å²) < 4.78 is 2.03. The molecule has 2 heterocycles. The first-order valence-corrected chi connectivity index (χ1v) is 9.70. The number of aromatic nitrogens is 2. The minimum absolute atomic E-state index is 0.743. The summed E-state index contributed by atoms with van der Waals surface area (Å²) in [6.45, 7) is 7.99. The van der Waals surface area contributed by atoms with Crippen molar-refractivity contribution in [3.8, 4) is 0 Å². The van der Waals surface area contributed by atoms with Crippen molar-refractivity contribution >= 4 is 23.1 Å². The minimum Gasteiger partial charge on any atom is -0.383 e. The van der Waals surface area contributed by atoms with Gasteiger partial charge >= 0.3 is 0 Å². The normalized spacial score (nSPS) is 18.1. The van der Waals surface area contributed by atoms with Crippen LogP contribution < -0.4 is 10.2 Å². The van der Waals surface area contributed by atoms with E-state index >= 15 is 0 Å². The topological polar surface area (TPSA) is 45.5 Å². The van der Waals surface area contributed by atoms with Crippen LogP contribution in [0.15, 0.2) is 40.9 Å². The highest BCUT2D eigenvalue weighted by Gasteiger charge is 2.26. The highest BCUT2D eigenvalue weighted by molar-refractivity contribution is 6.34. The minimum atomic E-state index is 0.743. The maximum absolute atomic E-state index is 6.63. The predicted molar refractivity (Wildman–Crippen MR) is 114 cm³/mol. The molecular formula is C21H28ClN5. The maximum Gasteiger partial charge on any atom is 0.132 e. The summed E-state index contributed by atoms with van der Waals surface area (Å²) in [6.07, 6.45) is 5.80. The van der Waals surface area contributed by atoms with Crippen LogP contribution in [0, 0.1) is 13.8 Å². The summed E-state index contributed by atoms with van der Waals surface area (Å²) in [5, 5.41) is 4.34. The molecule has 0 saturated carbocycles. The van der Waals surface area contributed by atoms with Gasteiger partial charge in [0.15, 0.2) is 0 Å². The molecule has 144 valence electrons. The lowest BCUT2D eigenvalue weighted by Crippen LogP contribution is -2.39. The Balaban J connectivity index is 1.90. The molecule has 0 amide bonds. The predicted octanol–water partition coefficient (Wildman–Crippen LogP) is 4.38. The molecule has 1 aliphatic heterocycles. The van der Waals surface area contributed by atoms with Crippen molar-refractivity contribution in [1.82, 2.24) is 14.9 Å². The molecule has 27 heavy (non-hydrogen) atoms. The standard InChI is InChI=1S/C21H28ClN5/c1-14-9-15(2)20(19(22)10-14)27-8-6-7-18(21(27)23-4)16(3)25-12-17-11-24-13-26(17)5/h9-11,13,25H,6-8,12H2,1-5H3/b18-16+,23-21?. The summed E-state index contributed by atoms with van der Waals surface area (Å²) >= 11 is 6.63. The molecule has 6 heteroatoms. The van der Waals surface area contributed by atoms with Crippen LogP contribution in [0.3, 0.4) is 0 Å². The third kappa shape index (κ3) is 4.03. The maximum atomic E-state index is 6.63. The largest absolute Gasteiger partial charge is 0.383 e. The van der Waals surface area contributed by atoms with E-state index in [0.29, 0.717) is 0 Å². The lowest BCUT2D eigenvalue weighted by Gasteiger charge is -2.35. The van der Waals surface area contributed by atoms with Crippen LogP contribution in [0.2, 0.25) is 5.02 Å². The van der Waals surface area contributed by atoms with Crippen molar-refractivity contribution in [2.45, 2.75) is 40.2 Å². The zero-order valence-corrected chi connectivity index (χ0v) is 17.6. The number of anilines is 1. The first-order chi connectivity index (χ1) is 12.9. The number of hydrogen-bond acceptors (Lipinski definition) is 3. The molecule has 1 N–H and O–H groups in total. The van der Waals surface area contributed by atoms with E-state index in [4.69, 9.17) is 11.6 Å². The molecule has 1 fully saturated rings. The molecule has 1 aromatic carbocycles. The summed E-state index contributed by atoms with van der Waals surface area (Å²) in [4.78, 5) is 11.1. The van der Waals surface area contributed by atoms with E-state index in [1.807, 2.05) is 37.3 Å². The molecule has 1 aromatic heterocycles. The van der Waals surface area contributed by atoms with Gasteiger partial charge in [-0.1, -0.05) is 17.7 Å². The number of rotatable bonds is 4.